The topological polar surface area (TPSA) is 52.9 Å². The molecule has 5 heteroatoms. The average Bonchev–Trinajstić information content (AvgIpc) is 2.25. The first kappa shape index (κ1) is 12.3. The van der Waals surface area contributed by atoms with Gasteiger partial charge in [-0.05, 0) is 0 Å². The summed E-state index contributed by atoms with van der Waals surface area (Å²) in [5.41, 5.74) is 0. The summed E-state index contributed by atoms with van der Waals surface area (Å²) in [5, 5.41) is 17.7. The molecule has 1 rings (SSSR count). The van der Waals surface area contributed by atoms with Crippen molar-refractivity contribution in [2.24, 2.45) is 0 Å². The number of thioether (sulfide) groups is 1. The Morgan fingerprint density at radius 2 is 2.07 bits per heavy atom. The van der Waals surface area contributed by atoms with E-state index in [-0.39, 0.29) is 6.61 Å². The molecule has 0 amide bonds. The smallest absolute Gasteiger partial charge is 0.0861 e. The Labute approximate surface area is 89.2 Å². The molecule has 0 aliphatic carbocycles. The van der Waals surface area contributed by atoms with Crippen molar-refractivity contribution in [2.45, 2.75) is 6.10 Å². The Kier molecular flexibility index (Phi) is 6.55. The summed E-state index contributed by atoms with van der Waals surface area (Å²) >= 11 is 1.69. The van der Waals surface area contributed by atoms with Crippen molar-refractivity contribution < 1.29 is 14.9 Å². The molecule has 0 radical (unpaired) electrons. The summed E-state index contributed by atoms with van der Waals surface area (Å²) in [6, 6.07) is 0. The molecule has 1 heterocycles. The molecule has 0 aromatic heterocycles. The molecule has 0 aromatic carbocycles. The molecule has 0 saturated carbocycles. The second-order valence-corrected chi connectivity index (χ2v) is 4.52. The standard InChI is InChI=1S/C9H19NO3S/c11-7-9(12)8-14-6-3-10-1-4-13-5-2-10/h9,11-12H,1-8H2. The fraction of sp³-hybridized carbons (Fsp3) is 1.00. The molecule has 1 fully saturated rings. The second-order valence-electron chi connectivity index (χ2n) is 3.37. The van der Waals surface area contributed by atoms with E-state index in [1.165, 1.54) is 0 Å². The third-order valence-corrected chi connectivity index (χ3v) is 3.27. The van der Waals surface area contributed by atoms with Crippen LogP contribution in [0.25, 0.3) is 0 Å². The molecule has 1 aliphatic heterocycles. The number of rotatable bonds is 6. The van der Waals surface area contributed by atoms with Crippen molar-refractivity contribution in [3.05, 3.63) is 0 Å². The van der Waals surface area contributed by atoms with Gasteiger partial charge in [-0.2, -0.15) is 11.8 Å². The van der Waals surface area contributed by atoms with Crippen LogP contribution in [0.3, 0.4) is 0 Å². The van der Waals surface area contributed by atoms with Gasteiger partial charge in [-0.3, -0.25) is 4.90 Å². The van der Waals surface area contributed by atoms with Crippen molar-refractivity contribution >= 4 is 11.8 Å². The normalized spacial score (nSPS) is 21.0. The van der Waals surface area contributed by atoms with Crippen LogP contribution in [0, 0.1) is 0 Å². The van der Waals surface area contributed by atoms with Gasteiger partial charge in [-0.15, -0.1) is 0 Å². The summed E-state index contributed by atoms with van der Waals surface area (Å²) in [7, 11) is 0. The minimum Gasteiger partial charge on any atom is -0.394 e. The summed E-state index contributed by atoms with van der Waals surface area (Å²) < 4.78 is 5.24. The predicted molar refractivity (Wildman–Crippen MR) is 57.7 cm³/mol. The van der Waals surface area contributed by atoms with Gasteiger partial charge in [0.25, 0.3) is 0 Å². The second kappa shape index (κ2) is 7.48. The molecule has 0 aromatic rings. The number of ether oxygens (including phenoxy) is 1. The maximum Gasteiger partial charge on any atom is 0.0861 e. The fourth-order valence-electron chi connectivity index (χ4n) is 1.29. The molecule has 14 heavy (non-hydrogen) atoms. The van der Waals surface area contributed by atoms with E-state index in [9.17, 15) is 0 Å². The molecule has 1 saturated heterocycles. The number of nitrogens with zero attached hydrogens (tertiary/aromatic N) is 1. The fourth-order valence-corrected chi connectivity index (χ4v) is 2.22. The maximum absolute atomic E-state index is 9.09. The highest BCUT2D eigenvalue weighted by Crippen LogP contribution is 2.05. The van der Waals surface area contributed by atoms with Crippen molar-refractivity contribution in [1.82, 2.24) is 4.90 Å². The van der Waals surface area contributed by atoms with Crippen LogP contribution in [0.4, 0.5) is 0 Å². The molecule has 84 valence electrons. The number of morpholine rings is 1. The van der Waals surface area contributed by atoms with Gasteiger partial charge in [0.2, 0.25) is 0 Å². The van der Waals surface area contributed by atoms with Crippen LogP contribution in [-0.4, -0.2) is 72.2 Å². The Morgan fingerprint density at radius 1 is 1.36 bits per heavy atom. The Morgan fingerprint density at radius 3 is 2.71 bits per heavy atom. The van der Waals surface area contributed by atoms with E-state index in [1.807, 2.05) is 0 Å². The molecule has 2 N–H and O–H groups in total. The minimum atomic E-state index is -0.565. The Balaban J connectivity index is 1.92. The molecule has 4 nitrogen and oxygen atoms in total. The predicted octanol–water partition coefficient (Wildman–Crippen LogP) is -0.595. The largest absolute Gasteiger partial charge is 0.394 e. The third-order valence-electron chi connectivity index (χ3n) is 2.18. The van der Waals surface area contributed by atoms with Gasteiger partial charge >= 0.3 is 0 Å². The van der Waals surface area contributed by atoms with Crippen LogP contribution in [0.2, 0.25) is 0 Å². The molecular formula is C9H19NO3S. The van der Waals surface area contributed by atoms with Gasteiger partial charge < -0.3 is 14.9 Å². The first-order chi connectivity index (χ1) is 6.83. The summed E-state index contributed by atoms with van der Waals surface area (Å²) in [6.07, 6.45) is -0.565. The molecular weight excluding hydrogens is 202 g/mol. The van der Waals surface area contributed by atoms with Crippen molar-refractivity contribution in [3.63, 3.8) is 0 Å². The molecule has 1 unspecified atom stereocenters. The number of hydrogen-bond donors (Lipinski definition) is 2. The van der Waals surface area contributed by atoms with Crippen LogP contribution >= 0.6 is 11.8 Å². The zero-order valence-electron chi connectivity index (χ0n) is 8.39. The van der Waals surface area contributed by atoms with Crippen molar-refractivity contribution in [2.75, 3.05) is 51.0 Å². The van der Waals surface area contributed by atoms with Gasteiger partial charge in [-0.1, -0.05) is 0 Å². The van der Waals surface area contributed by atoms with Crippen LogP contribution in [0.5, 0.6) is 0 Å². The van der Waals surface area contributed by atoms with E-state index in [2.05, 4.69) is 4.90 Å². The maximum atomic E-state index is 9.09. The third kappa shape index (κ3) is 5.17. The number of aliphatic hydroxyl groups is 2. The van der Waals surface area contributed by atoms with Crippen LogP contribution in [0.15, 0.2) is 0 Å². The van der Waals surface area contributed by atoms with Gasteiger partial charge in [0, 0.05) is 31.1 Å². The van der Waals surface area contributed by atoms with Crippen molar-refractivity contribution in [3.8, 4) is 0 Å². The van der Waals surface area contributed by atoms with Gasteiger partial charge in [-0.25, -0.2) is 0 Å². The summed E-state index contributed by atoms with van der Waals surface area (Å²) in [6.45, 7) is 4.62. The van der Waals surface area contributed by atoms with Crippen LogP contribution in [0.1, 0.15) is 0 Å². The van der Waals surface area contributed by atoms with E-state index < -0.39 is 6.10 Å². The zero-order chi connectivity index (χ0) is 10.2. The average molecular weight is 221 g/mol. The molecule has 1 aliphatic rings. The first-order valence-electron chi connectivity index (χ1n) is 4.99. The van der Waals surface area contributed by atoms with E-state index >= 15 is 0 Å². The highest BCUT2D eigenvalue weighted by molar-refractivity contribution is 7.99. The molecule has 0 spiro atoms. The van der Waals surface area contributed by atoms with Gasteiger partial charge in [0.1, 0.15) is 0 Å². The minimum absolute atomic E-state index is 0.134. The van der Waals surface area contributed by atoms with E-state index in [0.29, 0.717) is 5.75 Å². The lowest BCUT2D eigenvalue weighted by Gasteiger charge is -2.26. The summed E-state index contributed by atoms with van der Waals surface area (Å²) in [4.78, 5) is 2.36. The number of hydrogen-bond acceptors (Lipinski definition) is 5. The quantitative estimate of drug-likeness (QED) is 0.587. The lowest BCUT2D eigenvalue weighted by molar-refractivity contribution is 0.0409. The van der Waals surface area contributed by atoms with E-state index in [0.717, 1.165) is 38.6 Å². The monoisotopic (exact) mass is 221 g/mol. The van der Waals surface area contributed by atoms with Crippen LogP contribution in [-0.2, 0) is 4.74 Å². The van der Waals surface area contributed by atoms with Gasteiger partial charge in [0.05, 0.1) is 25.9 Å². The van der Waals surface area contributed by atoms with Crippen molar-refractivity contribution in [1.29, 1.82) is 0 Å². The van der Waals surface area contributed by atoms with E-state index in [4.69, 9.17) is 14.9 Å². The zero-order valence-corrected chi connectivity index (χ0v) is 9.21. The van der Waals surface area contributed by atoms with E-state index in [1.54, 1.807) is 11.8 Å². The Bertz CT molecular complexity index is 142. The highest BCUT2D eigenvalue weighted by atomic mass is 32.2. The van der Waals surface area contributed by atoms with Crippen LogP contribution < -0.4 is 0 Å². The SMILES string of the molecule is OCC(O)CSCCN1CCOCC1. The lowest BCUT2D eigenvalue weighted by Crippen LogP contribution is -2.37. The summed E-state index contributed by atoms with van der Waals surface area (Å²) in [5.74, 6) is 1.64. The number of aliphatic hydroxyl groups excluding tert-OH is 2. The highest BCUT2D eigenvalue weighted by Gasteiger charge is 2.09. The van der Waals surface area contributed by atoms with Gasteiger partial charge in [0.15, 0.2) is 0 Å². The lowest BCUT2D eigenvalue weighted by atomic mass is 10.4. The Hall–Kier alpha value is 0.190. The molecule has 0 bridgehead atoms. The first-order valence-corrected chi connectivity index (χ1v) is 6.15. The molecule has 1 atom stereocenters.